The number of benzene rings is 1. The number of ether oxygens (including phenoxy) is 1. The maximum absolute atomic E-state index is 12.6. The smallest absolute Gasteiger partial charge is 0.244 e. The van der Waals surface area contributed by atoms with Crippen LogP contribution in [0.5, 0.6) is 5.75 Å². The Balaban J connectivity index is 2.36. The van der Waals surface area contributed by atoms with Crippen LogP contribution in [0.4, 0.5) is 0 Å². The van der Waals surface area contributed by atoms with Crippen molar-refractivity contribution < 1.29 is 13.2 Å². The third-order valence-electron chi connectivity index (χ3n) is 4.01. The summed E-state index contributed by atoms with van der Waals surface area (Å²) in [5, 5.41) is 0.327. The summed E-state index contributed by atoms with van der Waals surface area (Å²) in [5.41, 5.74) is 6.20. The molecule has 3 N–H and O–H groups in total. The molecule has 0 saturated heterocycles. The van der Waals surface area contributed by atoms with Crippen LogP contribution in [0.2, 0.25) is 5.02 Å². The number of sulfonamides is 1. The van der Waals surface area contributed by atoms with Gasteiger partial charge in [-0.15, -0.1) is 0 Å². The maximum Gasteiger partial charge on any atom is 0.244 e. The molecule has 1 unspecified atom stereocenters. The number of nitrogens with two attached hydrogens (primary N) is 1. The maximum atomic E-state index is 12.6. The van der Waals surface area contributed by atoms with Crippen molar-refractivity contribution in [3.8, 4) is 5.75 Å². The SMILES string of the molecule is COc1c(CN)cc(Cl)cc1S(=O)(=O)NC(C)C1CCC1. The van der Waals surface area contributed by atoms with Gasteiger partial charge in [0.15, 0.2) is 0 Å². The third-order valence-corrected chi connectivity index (χ3v) is 5.79. The number of halogens is 1. The van der Waals surface area contributed by atoms with E-state index in [4.69, 9.17) is 22.1 Å². The van der Waals surface area contributed by atoms with Gasteiger partial charge in [0.25, 0.3) is 0 Å². The van der Waals surface area contributed by atoms with Gasteiger partial charge in [-0.05, 0) is 37.8 Å². The largest absolute Gasteiger partial charge is 0.495 e. The zero-order valence-electron chi connectivity index (χ0n) is 12.2. The summed E-state index contributed by atoms with van der Waals surface area (Å²) in [6.45, 7) is 2.05. The minimum absolute atomic E-state index is 0.0455. The predicted molar refractivity (Wildman–Crippen MR) is 83.0 cm³/mol. The molecular weight excluding hydrogens is 312 g/mol. The van der Waals surface area contributed by atoms with Crippen molar-refractivity contribution in [1.29, 1.82) is 0 Å². The molecule has 1 aromatic carbocycles. The number of hydrogen-bond acceptors (Lipinski definition) is 4. The molecule has 1 saturated carbocycles. The summed E-state index contributed by atoms with van der Waals surface area (Å²) in [6, 6.07) is 2.92. The van der Waals surface area contributed by atoms with E-state index >= 15 is 0 Å². The highest BCUT2D eigenvalue weighted by molar-refractivity contribution is 7.89. The van der Waals surface area contributed by atoms with E-state index in [0.717, 1.165) is 19.3 Å². The van der Waals surface area contributed by atoms with Crippen molar-refractivity contribution >= 4 is 21.6 Å². The molecule has 0 aliphatic heterocycles. The number of rotatable bonds is 6. The van der Waals surface area contributed by atoms with Gasteiger partial charge in [0.2, 0.25) is 10.0 Å². The Morgan fingerprint density at radius 2 is 2.14 bits per heavy atom. The van der Waals surface area contributed by atoms with Crippen molar-refractivity contribution in [2.24, 2.45) is 11.7 Å². The van der Waals surface area contributed by atoms with E-state index in [0.29, 0.717) is 16.5 Å². The van der Waals surface area contributed by atoms with Crippen molar-refractivity contribution in [3.05, 3.63) is 22.7 Å². The van der Waals surface area contributed by atoms with Gasteiger partial charge in [0.05, 0.1) is 7.11 Å². The van der Waals surface area contributed by atoms with E-state index in [1.54, 1.807) is 6.07 Å². The lowest BCUT2D eigenvalue weighted by molar-refractivity contribution is 0.260. The molecule has 1 aromatic rings. The molecule has 1 aliphatic rings. The summed E-state index contributed by atoms with van der Waals surface area (Å²) in [4.78, 5) is 0.0455. The van der Waals surface area contributed by atoms with E-state index in [1.165, 1.54) is 13.2 Å². The second kappa shape index (κ2) is 6.52. The van der Waals surface area contributed by atoms with E-state index < -0.39 is 10.0 Å². The lowest BCUT2D eigenvalue weighted by atomic mass is 9.81. The minimum atomic E-state index is -3.69. The molecule has 1 aliphatic carbocycles. The zero-order chi connectivity index (χ0) is 15.6. The van der Waals surface area contributed by atoms with Gasteiger partial charge in [0, 0.05) is 23.2 Å². The topological polar surface area (TPSA) is 81.4 Å². The number of nitrogens with one attached hydrogen (secondary N) is 1. The van der Waals surface area contributed by atoms with Gasteiger partial charge in [-0.25, -0.2) is 13.1 Å². The fourth-order valence-corrected chi connectivity index (χ4v) is 4.40. The van der Waals surface area contributed by atoms with Gasteiger partial charge >= 0.3 is 0 Å². The number of hydrogen-bond donors (Lipinski definition) is 2. The summed E-state index contributed by atoms with van der Waals surface area (Å²) >= 11 is 6.00. The Bertz CT molecular complexity index is 615. The average molecular weight is 333 g/mol. The summed E-state index contributed by atoms with van der Waals surface area (Å²) in [7, 11) is -2.27. The van der Waals surface area contributed by atoms with Gasteiger partial charge in [0.1, 0.15) is 10.6 Å². The van der Waals surface area contributed by atoms with Gasteiger partial charge < -0.3 is 10.5 Å². The molecule has 1 atom stereocenters. The monoisotopic (exact) mass is 332 g/mol. The second-order valence-electron chi connectivity index (χ2n) is 5.40. The third kappa shape index (κ3) is 3.51. The Morgan fingerprint density at radius 3 is 2.62 bits per heavy atom. The fourth-order valence-electron chi connectivity index (χ4n) is 2.55. The van der Waals surface area contributed by atoms with Crippen LogP contribution in [-0.4, -0.2) is 21.6 Å². The molecule has 0 aromatic heterocycles. The minimum Gasteiger partial charge on any atom is -0.495 e. The molecule has 0 heterocycles. The van der Waals surface area contributed by atoms with Crippen molar-refractivity contribution in [2.45, 2.75) is 43.7 Å². The molecule has 118 valence electrons. The van der Waals surface area contributed by atoms with Gasteiger partial charge in [-0.3, -0.25) is 0 Å². The van der Waals surface area contributed by atoms with Gasteiger partial charge in [-0.1, -0.05) is 18.0 Å². The summed E-state index contributed by atoms with van der Waals surface area (Å²) in [5.74, 6) is 0.661. The van der Waals surface area contributed by atoms with Crippen LogP contribution in [0.25, 0.3) is 0 Å². The fraction of sp³-hybridized carbons (Fsp3) is 0.571. The highest BCUT2D eigenvalue weighted by Crippen LogP contribution is 2.34. The first-order valence-corrected chi connectivity index (χ1v) is 8.84. The Hall–Kier alpha value is -0.820. The standard InChI is InChI=1S/C14H21ClN2O3S/c1-9(10-4-3-5-10)17-21(18,19)13-7-12(15)6-11(8-16)14(13)20-2/h6-7,9-10,17H,3-5,8,16H2,1-2H3. The van der Waals surface area contributed by atoms with Crippen LogP contribution in [0.15, 0.2) is 17.0 Å². The summed E-state index contributed by atoms with van der Waals surface area (Å²) < 4.78 is 33.1. The van der Waals surface area contributed by atoms with Crippen LogP contribution < -0.4 is 15.2 Å². The van der Waals surface area contributed by atoms with Crippen molar-refractivity contribution in [1.82, 2.24) is 4.72 Å². The Kier molecular flexibility index (Phi) is 5.14. The first kappa shape index (κ1) is 16.5. The van der Waals surface area contributed by atoms with Crippen molar-refractivity contribution in [3.63, 3.8) is 0 Å². The van der Waals surface area contributed by atoms with Crippen LogP contribution in [0.1, 0.15) is 31.7 Å². The Morgan fingerprint density at radius 1 is 1.48 bits per heavy atom. The lowest BCUT2D eigenvalue weighted by Crippen LogP contribution is -2.40. The van der Waals surface area contributed by atoms with E-state index in [2.05, 4.69) is 4.72 Å². The molecule has 2 rings (SSSR count). The molecular formula is C14H21ClN2O3S. The molecule has 0 radical (unpaired) electrons. The van der Waals surface area contributed by atoms with Gasteiger partial charge in [-0.2, -0.15) is 0 Å². The highest BCUT2D eigenvalue weighted by Gasteiger charge is 2.30. The van der Waals surface area contributed by atoms with E-state index in [1.807, 2.05) is 6.92 Å². The number of methoxy groups -OCH3 is 1. The molecule has 0 amide bonds. The van der Waals surface area contributed by atoms with Crippen LogP contribution in [-0.2, 0) is 16.6 Å². The Labute approximate surface area is 130 Å². The van der Waals surface area contributed by atoms with Crippen LogP contribution in [0, 0.1) is 5.92 Å². The van der Waals surface area contributed by atoms with E-state index in [-0.39, 0.29) is 23.2 Å². The highest BCUT2D eigenvalue weighted by atomic mass is 35.5. The zero-order valence-corrected chi connectivity index (χ0v) is 13.8. The quantitative estimate of drug-likeness (QED) is 0.837. The molecule has 1 fully saturated rings. The predicted octanol–water partition coefficient (Wildman–Crippen LogP) is 2.27. The summed E-state index contributed by atoms with van der Waals surface area (Å²) in [6.07, 6.45) is 3.28. The van der Waals surface area contributed by atoms with E-state index in [9.17, 15) is 8.42 Å². The average Bonchev–Trinajstić information content (AvgIpc) is 2.34. The molecule has 7 heteroatoms. The molecule has 21 heavy (non-hydrogen) atoms. The second-order valence-corrected chi connectivity index (χ2v) is 7.52. The van der Waals surface area contributed by atoms with Crippen LogP contribution >= 0.6 is 11.6 Å². The molecule has 0 spiro atoms. The van der Waals surface area contributed by atoms with Crippen molar-refractivity contribution in [2.75, 3.05) is 7.11 Å². The molecule has 0 bridgehead atoms. The van der Waals surface area contributed by atoms with Crippen LogP contribution in [0.3, 0.4) is 0 Å². The molecule has 5 nitrogen and oxygen atoms in total. The normalized spacial score (nSPS) is 17.3. The lowest BCUT2D eigenvalue weighted by Gasteiger charge is -2.31. The first-order chi connectivity index (χ1) is 9.89. The first-order valence-electron chi connectivity index (χ1n) is 6.98.